The first-order valence-electron chi connectivity index (χ1n) is 9.54. The summed E-state index contributed by atoms with van der Waals surface area (Å²) in [5.41, 5.74) is 2.03. The van der Waals surface area contributed by atoms with Crippen LogP contribution in [-0.2, 0) is 22.3 Å². The molecule has 0 spiro atoms. The number of aryl methyl sites for hydroxylation is 1. The van der Waals surface area contributed by atoms with Crippen LogP contribution in [0.1, 0.15) is 50.4 Å². The Morgan fingerprint density at radius 1 is 1.21 bits per heavy atom. The van der Waals surface area contributed by atoms with Gasteiger partial charge in [-0.15, -0.1) is 11.3 Å². The van der Waals surface area contributed by atoms with E-state index in [0.717, 1.165) is 49.2 Å². The van der Waals surface area contributed by atoms with Crippen LogP contribution < -0.4 is 10.1 Å². The highest BCUT2D eigenvalue weighted by Gasteiger charge is 2.28. The number of esters is 1. The summed E-state index contributed by atoms with van der Waals surface area (Å²) in [5, 5.41) is 3.46. The number of ether oxygens (including phenoxy) is 3. The number of fused-ring (bicyclic) bond motifs is 1. The summed E-state index contributed by atoms with van der Waals surface area (Å²) in [5.74, 6) is 0.0562. The fourth-order valence-electron chi connectivity index (χ4n) is 3.65. The van der Waals surface area contributed by atoms with E-state index in [-0.39, 0.29) is 12.0 Å². The highest BCUT2D eigenvalue weighted by atomic mass is 32.1. The summed E-state index contributed by atoms with van der Waals surface area (Å²) >= 11 is 1.47. The predicted octanol–water partition coefficient (Wildman–Crippen LogP) is 3.83. The minimum atomic E-state index is -0.396. The van der Waals surface area contributed by atoms with Gasteiger partial charge in [-0.3, -0.25) is 4.79 Å². The van der Waals surface area contributed by atoms with Crippen molar-refractivity contribution in [2.45, 2.75) is 38.2 Å². The molecule has 1 fully saturated rings. The van der Waals surface area contributed by atoms with Gasteiger partial charge in [0.05, 0.1) is 18.8 Å². The summed E-state index contributed by atoms with van der Waals surface area (Å²) in [6.07, 6.45) is 5.08. The average Bonchev–Trinajstić information content (AvgIpc) is 3.44. The van der Waals surface area contributed by atoms with Crippen LogP contribution in [-0.4, -0.2) is 38.3 Å². The van der Waals surface area contributed by atoms with Crippen molar-refractivity contribution in [2.24, 2.45) is 0 Å². The molecule has 28 heavy (non-hydrogen) atoms. The van der Waals surface area contributed by atoms with Gasteiger partial charge in [-0.2, -0.15) is 0 Å². The Morgan fingerprint density at radius 3 is 2.75 bits per heavy atom. The van der Waals surface area contributed by atoms with Crippen LogP contribution in [0.15, 0.2) is 24.3 Å². The Kier molecular flexibility index (Phi) is 5.64. The number of benzene rings is 1. The van der Waals surface area contributed by atoms with Gasteiger partial charge in [0.25, 0.3) is 5.91 Å². The van der Waals surface area contributed by atoms with Crippen LogP contribution in [0.2, 0.25) is 0 Å². The molecule has 0 bridgehead atoms. The fraction of sp³-hybridized carbons (Fsp3) is 0.429. The lowest BCUT2D eigenvalue weighted by Crippen LogP contribution is -2.16. The summed E-state index contributed by atoms with van der Waals surface area (Å²) in [6.45, 7) is 1.32. The van der Waals surface area contributed by atoms with Crippen LogP contribution in [0.3, 0.4) is 0 Å². The third-order valence-corrected chi connectivity index (χ3v) is 6.32. The van der Waals surface area contributed by atoms with Gasteiger partial charge < -0.3 is 19.5 Å². The molecule has 7 heteroatoms. The van der Waals surface area contributed by atoms with Gasteiger partial charge >= 0.3 is 5.97 Å². The lowest BCUT2D eigenvalue weighted by Gasteiger charge is -2.12. The SMILES string of the molecule is COC(=O)c1c(NC(=O)c2ccc(OCC3CCCO3)cc2)sc2c1CCC2. The molecular weight excluding hydrogens is 378 g/mol. The number of hydrogen-bond donors (Lipinski definition) is 1. The molecule has 6 nitrogen and oxygen atoms in total. The zero-order valence-electron chi connectivity index (χ0n) is 15.8. The first kappa shape index (κ1) is 19.0. The highest BCUT2D eigenvalue weighted by Crippen LogP contribution is 2.39. The molecule has 1 aliphatic heterocycles. The topological polar surface area (TPSA) is 73.9 Å². The van der Waals surface area contributed by atoms with Gasteiger partial charge in [0, 0.05) is 17.0 Å². The monoisotopic (exact) mass is 401 g/mol. The molecule has 2 heterocycles. The molecule has 2 aliphatic rings. The number of carbonyl (C=O) groups excluding carboxylic acids is 2. The van der Waals surface area contributed by atoms with Crippen molar-refractivity contribution in [1.29, 1.82) is 0 Å². The third-order valence-electron chi connectivity index (χ3n) is 5.11. The normalized spacial score (nSPS) is 18.0. The summed E-state index contributed by atoms with van der Waals surface area (Å²) < 4.78 is 16.2. The number of hydrogen-bond acceptors (Lipinski definition) is 6. The van der Waals surface area contributed by atoms with Crippen LogP contribution in [0, 0.1) is 0 Å². The standard InChI is InChI=1S/C21H23NO5S/c1-25-21(24)18-16-5-2-6-17(16)28-20(18)22-19(23)13-7-9-14(10-8-13)27-12-15-4-3-11-26-15/h7-10,15H,2-6,11-12H2,1H3,(H,22,23). The lowest BCUT2D eigenvalue weighted by molar-refractivity contribution is 0.0601. The van der Waals surface area contributed by atoms with E-state index in [1.54, 1.807) is 24.3 Å². The van der Waals surface area contributed by atoms with Gasteiger partial charge in [0.2, 0.25) is 0 Å². The predicted molar refractivity (Wildman–Crippen MR) is 107 cm³/mol. The molecule has 148 valence electrons. The van der Waals surface area contributed by atoms with Crippen LogP contribution >= 0.6 is 11.3 Å². The van der Waals surface area contributed by atoms with Crippen LogP contribution in [0.25, 0.3) is 0 Å². The average molecular weight is 401 g/mol. The summed E-state index contributed by atoms with van der Waals surface area (Å²) in [6, 6.07) is 7.00. The molecule has 1 atom stereocenters. The fourth-order valence-corrected chi connectivity index (χ4v) is 4.93. The van der Waals surface area contributed by atoms with E-state index >= 15 is 0 Å². The second-order valence-corrected chi connectivity index (χ2v) is 8.08. The molecule has 1 unspecified atom stereocenters. The highest BCUT2D eigenvalue weighted by molar-refractivity contribution is 7.17. The van der Waals surface area contributed by atoms with Crippen molar-refractivity contribution in [3.8, 4) is 5.75 Å². The van der Waals surface area contributed by atoms with E-state index in [2.05, 4.69) is 5.32 Å². The molecule has 1 aliphatic carbocycles. The number of carbonyl (C=O) groups is 2. The third kappa shape index (κ3) is 3.91. The lowest BCUT2D eigenvalue weighted by atomic mass is 10.1. The van der Waals surface area contributed by atoms with E-state index in [1.165, 1.54) is 18.4 Å². The molecular formula is C21H23NO5S. The molecule has 1 aromatic heterocycles. The maximum absolute atomic E-state index is 12.7. The van der Waals surface area contributed by atoms with Crippen molar-refractivity contribution < 1.29 is 23.8 Å². The van der Waals surface area contributed by atoms with E-state index in [0.29, 0.717) is 28.5 Å². The molecule has 1 saturated heterocycles. The number of thiophene rings is 1. The molecule has 0 saturated carbocycles. The Bertz CT molecular complexity index is 868. The second-order valence-electron chi connectivity index (χ2n) is 6.98. The number of nitrogens with one attached hydrogen (secondary N) is 1. The number of amides is 1. The van der Waals surface area contributed by atoms with E-state index in [9.17, 15) is 9.59 Å². The number of methoxy groups -OCH3 is 1. The zero-order chi connectivity index (χ0) is 19.5. The van der Waals surface area contributed by atoms with Crippen molar-refractivity contribution in [3.63, 3.8) is 0 Å². The van der Waals surface area contributed by atoms with Crippen molar-refractivity contribution in [3.05, 3.63) is 45.8 Å². The van der Waals surface area contributed by atoms with Gasteiger partial charge in [0.1, 0.15) is 17.4 Å². The van der Waals surface area contributed by atoms with Gasteiger partial charge in [-0.25, -0.2) is 4.79 Å². The van der Waals surface area contributed by atoms with E-state index in [4.69, 9.17) is 14.2 Å². The minimum absolute atomic E-state index is 0.153. The first-order chi connectivity index (χ1) is 13.7. The Labute approximate surface area is 167 Å². The van der Waals surface area contributed by atoms with Gasteiger partial charge in [-0.05, 0) is 61.9 Å². The second kappa shape index (κ2) is 8.32. The Morgan fingerprint density at radius 2 is 2.04 bits per heavy atom. The Hall–Kier alpha value is -2.38. The van der Waals surface area contributed by atoms with Crippen molar-refractivity contribution in [1.82, 2.24) is 0 Å². The van der Waals surface area contributed by atoms with Crippen LogP contribution in [0.4, 0.5) is 5.00 Å². The smallest absolute Gasteiger partial charge is 0.341 e. The molecule has 1 amide bonds. The maximum atomic E-state index is 12.7. The zero-order valence-corrected chi connectivity index (χ0v) is 16.6. The van der Waals surface area contributed by atoms with Crippen molar-refractivity contribution >= 4 is 28.2 Å². The van der Waals surface area contributed by atoms with E-state index in [1.807, 2.05) is 0 Å². The molecule has 1 N–H and O–H groups in total. The minimum Gasteiger partial charge on any atom is -0.491 e. The molecule has 0 radical (unpaired) electrons. The molecule has 4 rings (SSSR count). The molecule has 2 aromatic rings. The number of anilines is 1. The quantitative estimate of drug-likeness (QED) is 0.745. The first-order valence-corrected chi connectivity index (χ1v) is 10.4. The molecule has 1 aromatic carbocycles. The van der Waals surface area contributed by atoms with E-state index < -0.39 is 5.97 Å². The van der Waals surface area contributed by atoms with Crippen LogP contribution in [0.5, 0.6) is 5.75 Å². The summed E-state index contributed by atoms with van der Waals surface area (Å²) in [4.78, 5) is 26.0. The maximum Gasteiger partial charge on any atom is 0.341 e. The largest absolute Gasteiger partial charge is 0.491 e. The summed E-state index contributed by atoms with van der Waals surface area (Å²) in [7, 11) is 1.36. The Balaban J connectivity index is 1.43. The van der Waals surface area contributed by atoms with Gasteiger partial charge in [0.15, 0.2) is 0 Å². The number of rotatable bonds is 6. The van der Waals surface area contributed by atoms with Gasteiger partial charge in [-0.1, -0.05) is 0 Å². The van der Waals surface area contributed by atoms with Crippen molar-refractivity contribution in [2.75, 3.05) is 25.6 Å².